The second kappa shape index (κ2) is 5.85. The Morgan fingerprint density at radius 3 is 2.38 bits per heavy atom. The van der Waals surface area contributed by atoms with Gasteiger partial charge in [-0.3, -0.25) is 9.88 Å². The van der Waals surface area contributed by atoms with Crippen LogP contribution >= 0.6 is 0 Å². The maximum Gasteiger partial charge on any atom is 0.0545 e. The third-order valence-electron chi connectivity index (χ3n) is 3.18. The van der Waals surface area contributed by atoms with Crippen molar-refractivity contribution in [3.8, 4) is 0 Å². The van der Waals surface area contributed by atoms with E-state index in [4.69, 9.17) is 5.73 Å². The number of rotatable bonds is 2. The first-order valence-corrected chi connectivity index (χ1v) is 6.27. The van der Waals surface area contributed by atoms with Crippen LogP contribution in [0, 0.1) is 0 Å². The van der Waals surface area contributed by atoms with Crippen molar-refractivity contribution in [3.63, 3.8) is 0 Å². The van der Waals surface area contributed by atoms with Gasteiger partial charge in [0.25, 0.3) is 0 Å². The molecule has 0 unspecified atom stereocenters. The third kappa shape index (κ3) is 3.49. The molecule has 1 aliphatic heterocycles. The number of anilines is 1. The van der Waals surface area contributed by atoms with Gasteiger partial charge in [-0.05, 0) is 38.1 Å². The highest BCUT2D eigenvalue weighted by Gasteiger charge is 2.08. The SMILES string of the molecule is Nc1ccc(CN2CCCCCCC2)nc1. The lowest BCUT2D eigenvalue weighted by Gasteiger charge is -2.23. The van der Waals surface area contributed by atoms with Gasteiger partial charge in [0.05, 0.1) is 17.6 Å². The van der Waals surface area contributed by atoms with Crippen LogP contribution in [0.15, 0.2) is 18.3 Å². The molecule has 88 valence electrons. The monoisotopic (exact) mass is 219 g/mol. The van der Waals surface area contributed by atoms with Crippen molar-refractivity contribution >= 4 is 5.69 Å². The molecule has 16 heavy (non-hydrogen) atoms. The van der Waals surface area contributed by atoms with Gasteiger partial charge in [-0.1, -0.05) is 19.3 Å². The highest BCUT2D eigenvalue weighted by Crippen LogP contribution is 2.13. The van der Waals surface area contributed by atoms with Gasteiger partial charge in [-0.25, -0.2) is 0 Å². The summed E-state index contributed by atoms with van der Waals surface area (Å²) in [5.74, 6) is 0. The van der Waals surface area contributed by atoms with Crippen LogP contribution in [-0.4, -0.2) is 23.0 Å². The lowest BCUT2D eigenvalue weighted by Crippen LogP contribution is -2.27. The molecule has 0 aromatic carbocycles. The number of hydrogen-bond acceptors (Lipinski definition) is 3. The van der Waals surface area contributed by atoms with E-state index in [9.17, 15) is 0 Å². The quantitative estimate of drug-likeness (QED) is 0.830. The van der Waals surface area contributed by atoms with Crippen molar-refractivity contribution in [1.29, 1.82) is 0 Å². The van der Waals surface area contributed by atoms with Gasteiger partial charge >= 0.3 is 0 Å². The summed E-state index contributed by atoms with van der Waals surface area (Å²) in [5.41, 5.74) is 7.51. The summed E-state index contributed by atoms with van der Waals surface area (Å²) >= 11 is 0. The lowest BCUT2D eigenvalue weighted by molar-refractivity contribution is 0.237. The molecular formula is C13H21N3. The smallest absolute Gasteiger partial charge is 0.0545 e. The largest absolute Gasteiger partial charge is 0.397 e. The molecule has 0 aliphatic carbocycles. The number of nitrogens with two attached hydrogens (primary N) is 1. The summed E-state index contributed by atoms with van der Waals surface area (Å²) in [6, 6.07) is 3.97. The molecule has 1 aromatic heterocycles. The zero-order valence-electron chi connectivity index (χ0n) is 9.86. The summed E-state index contributed by atoms with van der Waals surface area (Å²) in [5, 5.41) is 0. The molecule has 3 nitrogen and oxygen atoms in total. The molecule has 2 rings (SSSR count). The molecule has 0 amide bonds. The lowest BCUT2D eigenvalue weighted by atomic mass is 10.1. The zero-order chi connectivity index (χ0) is 11.2. The maximum atomic E-state index is 5.63. The van der Waals surface area contributed by atoms with Gasteiger partial charge in [0.2, 0.25) is 0 Å². The number of hydrogen-bond donors (Lipinski definition) is 1. The van der Waals surface area contributed by atoms with Crippen molar-refractivity contribution in [2.75, 3.05) is 18.8 Å². The average Bonchev–Trinajstić information content (AvgIpc) is 2.25. The predicted octanol–water partition coefficient (Wildman–Crippen LogP) is 2.43. The van der Waals surface area contributed by atoms with Crippen molar-refractivity contribution < 1.29 is 0 Å². The zero-order valence-corrected chi connectivity index (χ0v) is 9.86. The first-order valence-electron chi connectivity index (χ1n) is 6.27. The van der Waals surface area contributed by atoms with Gasteiger partial charge in [-0.15, -0.1) is 0 Å². The fraction of sp³-hybridized carbons (Fsp3) is 0.615. The summed E-state index contributed by atoms with van der Waals surface area (Å²) < 4.78 is 0. The van der Waals surface area contributed by atoms with E-state index in [1.807, 2.05) is 12.1 Å². The molecule has 1 aliphatic rings. The van der Waals surface area contributed by atoms with E-state index in [0.29, 0.717) is 0 Å². The Hall–Kier alpha value is -1.09. The minimum atomic E-state index is 0.747. The molecular weight excluding hydrogens is 198 g/mol. The van der Waals surface area contributed by atoms with Crippen LogP contribution in [0.1, 0.15) is 37.8 Å². The van der Waals surface area contributed by atoms with E-state index < -0.39 is 0 Å². The Morgan fingerprint density at radius 2 is 1.75 bits per heavy atom. The Labute approximate surface area is 97.7 Å². The normalized spacial score (nSPS) is 19.0. The Kier molecular flexibility index (Phi) is 4.17. The van der Waals surface area contributed by atoms with Gasteiger partial charge in [0.15, 0.2) is 0 Å². The van der Waals surface area contributed by atoms with E-state index in [0.717, 1.165) is 17.9 Å². The Bertz CT molecular complexity index is 299. The minimum absolute atomic E-state index is 0.747. The molecule has 0 radical (unpaired) electrons. The van der Waals surface area contributed by atoms with E-state index >= 15 is 0 Å². The molecule has 2 N–H and O–H groups in total. The van der Waals surface area contributed by atoms with Gasteiger partial charge < -0.3 is 5.73 Å². The van der Waals surface area contributed by atoms with Crippen LogP contribution in [0.5, 0.6) is 0 Å². The van der Waals surface area contributed by atoms with Crippen molar-refractivity contribution in [1.82, 2.24) is 9.88 Å². The summed E-state index contributed by atoms with van der Waals surface area (Å²) in [4.78, 5) is 6.87. The molecule has 1 saturated heterocycles. The maximum absolute atomic E-state index is 5.63. The van der Waals surface area contributed by atoms with Crippen LogP contribution in [0.25, 0.3) is 0 Å². The number of pyridine rings is 1. The number of likely N-dealkylation sites (tertiary alicyclic amines) is 1. The van der Waals surface area contributed by atoms with E-state index in [1.54, 1.807) is 6.20 Å². The molecule has 0 saturated carbocycles. The van der Waals surface area contributed by atoms with E-state index in [-0.39, 0.29) is 0 Å². The second-order valence-electron chi connectivity index (χ2n) is 4.63. The van der Waals surface area contributed by atoms with Crippen LogP contribution in [0.4, 0.5) is 5.69 Å². The fourth-order valence-electron chi connectivity index (χ4n) is 2.23. The van der Waals surface area contributed by atoms with E-state index in [2.05, 4.69) is 9.88 Å². The van der Waals surface area contributed by atoms with Crippen LogP contribution in [0.3, 0.4) is 0 Å². The van der Waals surface area contributed by atoms with Crippen LogP contribution in [-0.2, 0) is 6.54 Å². The van der Waals surface area contributed by atoms with E-state index in [1.165, 1.54) is 45.2 Å². The topological polar surface area (TPSA) is 42.1 Å². The molecule has 0 atom stereocenters. The summed E-state index contributed by atoms with van der Waals surface area (Å²) in [6.45, 7) is 3.40. The number of nitrogens with zero attached hydrogens (tertiary/aromatic N) is 2. The third-order valence-corrected chi connectivity index (χ3v) is 3.18. The summed E-state index contributed by atoms with van der Waals surface area (Å²) in [6.07, 6.45) is 8.58. The highest BCUT2D eigenvalue weighted by atomic mass is 15.1. The standard InChI is InChI=1S/C13H21N3/c14-12-6-7-13(15-10-12)11-16-8-4-2-1-3-5-9-16/h6-7,10H,1-5,8-9,11,14H2. The molecule has 1 aromatic rings. The molecule has 0 spiro atoms. The molecule has 1 fully saturated rings. The molecule has 3 heteroatoms. The van der Waals surface area contributed by atoms with Gasteiger partial charge in [0.1, 0.15) is 0 Å². The average molecular weight is 219 g/mol. The minimum Gasteiger partial charge on any atom is -0.397 e. The first kappa shape index (κ1) is 11.4. The van der Waals surface area contributed by atoms with Crippen molar-refractivity contribution in [2.24, 2.45) is 0 Å². The second-order valence-corrected chi connectivity index (χ2v) is 4.63. The summed E-state index contributed by atoms with van der Waals surface area (Å²) in [7, 11) is 0. The van der Waals surface area contributed by atoms with Crippen molar-refractivity contribution in [3.05, 3.63) is 24.0 Å². The van der Waals surface area contributed by atoms with Gasteiger partial charge in [-0.2, -0.15) is 0 Å². The van der Waals surface area contributed by atoms with Gasteiger partial charge in [0, 0.05) is 6.54 Å². The fourth-order valence-corrected chi connectivity index (χ4v) is 2.23. The highest BCUT2D eigenvalue weighted by molar-refractivity contribution is 5.34. The number of nitrogen functional groups attached to an aromatic ring is 1. The Balaban J connectivity index is 1.89. The predicted molar refractivity (Wildman–Crippen MR) is 67.0 cm³/mol. The number of aromatic nitrogens is 1. The molecule has 0 bridgehead atoms. The van der Waals surface area contributed by atoms with Crippen LogP contribution in [0.2, 0.25) is 0 Å². The first-order chi connectivity index (χ1) is 7.84. The van der Waals surface area contributed by atoms with Crippen molar-refractivity contribution in [2.45, 2.75) is 38.6 Å². The van der Waals surface area contributed by atoms with Crippen LogP contribution < -0.4 is 5.73 Å². The molecule has 2 heterocycles. The Morgan fingerprint density at radius 1 is 1.06 bits per heavy atom.